The molecule has 0 aromatic heterocycles. The van der Waals surface area contributed by atoms with E-state index in [1.54, 1.807) is 11.8 Å². The molecule has 0 aliphatic heterocycles. The van der Waals surface area contributed by atoms with Crippen molar-refractivity contribution in [2.75, 3.05) is 6.54 Å². The zero-order chi connectivity index (χ0) is 19.8. The maximum Gasteiger partial charge on any atom is 0.242 e. The van der Waals surface area contributed by atoms with Crippen molar-refractivity contribution < 1.29 is 9.59 Å². The zero-order valence-electron chi connectivity index (χ0n) is 16.2. The van der Waals surface area contributed by atoms with Crippen LogP contribution in [0.15, 0.2) is 48.5 Å². The van der Waals surface area contributed by atoms with Crippen LogP contribution in [0.1, 0.15) is 37.0 Å². The number of likely N-dealkylation sites (N-methyl/N-ethyl adjacent to an activating group) is 1. The lowest BCUT2D eigenvalue weighted by Gasteiger charge is -2.29. The first kappa shape index (κ1) is 21.0. The van der Waals surface area contributed by atoms with Gasteiger partial charge < -0.3 is 10.2 Å². The molecule has 0 heterocycles. The summed E-state index contributed by atoms with van der Waals surface area (Å²) in [6, 6.07) is 15.0. The van der Waals surface area contributed by atoms with Crippen molar-refractivity contribution in [3.05, 3.63) is 70.2 Å². The van der Waals surface area contributed by atoms with Gasteiger partial charge in [0, 0.05) is 24.5 Å². The quantitative estimate of drug-likeness (QED) is 0.741. The molecule has 0 radical (unpaired) electrons. The zero-order valence-corrected chi connectivity index (χ0v) is 16.9. The van der Waals surface area contributed by atoms with Crippen LogP contribution in [0, 0.1) is 6.92 Å². The van der Waals surface area contributed by atoms with E-state index in [0.717, 1.165) is 16.7 Å². The van der Waals surface area contributed by atoms with Crippen LogP contribution >= 0.6 is 11.6 Å². The maximum absolute atomic E-state index is 13.0. The van der Waals surface area contributed by atoms with Crippen molar-refractivity contribution in [2.24, 2.45) is 0 Å². The minimum absolute atomic E-state index is 0.0609. The molecule has 0 saturated heterocycles. The lowest BCUT2D eigenvalue weighted by Crippen LogP contribution is -2.47. The van der Waals surface area contributed by atoms with Crippen molar-refractivity contribution in [1.82, 2.24) is 10.2 Å². The normalized spacial score (nSPS) is 11.7. The molecular weight excluding hydrogens is 360 g/mol. The smallest absolute Gasteiger partial charge is 0.242 e. The van der Waals surface area contributed by atoms with Gasteiger partial charge in [-0.15, -0.1) is 0 Å². The molecule has 0 aliphatic rings. The summed E-state index contributed by atoms with van der Waals surface area (Å²) < 4.78 is 0. The lowest BCUT2D eigenvalue weighted by atomic mass is 10.1. The minimum Gasteiger partial charge on any atom is -0.355 e. The highest BCUT2D eigenvalue weighted by Gasteiger charge is 2.25. The summed E-state index contributed by atoms with van der Waals surface area (Å²) in [5.74, 6) is -0.204. The molecule has 144 valence electrons. The van der Waals surface area contributed by atoms with Gasteiger partial charge in [0.05, 0.1) is 0 Å². The predicted molar refractivity (Wildman–Crippen MR) is 110 cm³/mol. The van der Waals surface area contributed by atoms with E-state index >= 15 is 0 Å². The topological polar surface area (TPSA) is 49.4 Å². The molecule has 1 unspecified atom stereocenters. The molecule has 1 N–H and O–H groups in total. The van der Waals surface area contributed by atoms with Gasteiger partial charge in [0.15, 0.2) is 0 Å². The molecule has 5 heteroatoms. The standard InChI is InChI=1S/C22H27ClN2O2/c1-4-24-22(27)17(3)25(15-18-11-9-16(2)10-12-18)21(26)14-13-19-7-5-6-8-20(19)23/h5-12,17H,4,13-15H2,1-3H3,(H,24,27). The van der Waals surface area contributed by atoms with Gasteiger partial charge in [0.25, 0.3) is 0 Å². The summed E-state index contributed by atoms with van der Waals surface area (Å²) >= 11 is 6.20. The first-order valence-electron chi connectivity index (χ1n) is 9.28. The molecule has 2 rings (SSSR count). The Labute approximate surface area is 166 Å². The fourth-order valence-electron chi connectivity index (χ4n) is 2.88. The second-order valence-corrected chi connectivity index (χ2v) is 7.08. The van der Waals surface area contributed by atoms with E-state index in [9.17, 15) is 9.59 Å². The number of rotatable bonds is 8. The number of nitrogens with zero attached hydrogens (tertiary/aromatic N) is 1. The van der Waals surface area contributed by atoms with Gasteiger partial charge in [-0.1, -0.05) is 59.6 Å². The molecule has 2 amide bonds. The first-order chi connectivity index (χ1) is 12.9. The SMILES string of the molecule is CCNC(=O)C(C)N(Cc1ccc(C)cc1)C(=O)CCc1ccccc1Cl. The summed E-state index contributed by atoms with van der Waals surface area (Å²) in [6.07, 6.45) is 0.852. The highest BCUT2D eigenvalue weighted by molar-refractivity contribution is 6.31. The molecule has 1 atom stereocenters. The van der Waals surface area contributed by atoms with E-state index in [1.807, 2.05) is 62.4 Å². The number of carbonyl (C=O) groups excluding carboxylic acids is 2. The Bertz CT molecular complexity index is 774. The fourth-order valence-corrected chi connectivity index (χ4v) is 3.11. The molecule has 27 heavy (non-hydrogen) atoms. The second-order valence-electron chi connectivity index (χ2n) is 6.67. The number of carbonyl (C=O) groups is 2. The third kappa shape index (κ3) is 6.10. The summed E-state index contributed by atoms with van der Waals surface area (Å²) in [6.45, 7) is 6.60. The van der Waals surface area contributed by atoms with E-state index in [4.69, 9.17) is 11.6 Å². The van der Waals surface area contributed by atoms with Crippen LogP contribution in [0.25, 0.3) is 0 Å². The van der Waals surface area contributed by atoms with Gasteiger partial charge in [-0.05, 0) is 44.4 Å². The molecule has 2 aromatic carbocycles. The molecule has 0 saturated carbocycles. The Balaban J connectivity index is 2.14. The van der Waals surface area contributed by atoms with Crippen LogP contribution in [-0.2, 0) is 22.6 Å². The van der Waals surface area contributed by atoms with Crippen LogP contribution in [0.3, 0.4) is 0 Å². The number of hydrogen-bond donors (Lipinski definition) is 1. The predicted octanol–water partition coefficient (Wildman–Crippen LogP) is 4.13. The summed E-state index contributed by atoms with van der Waals surface area (Å²) in [5, 5.41) is 3.46. The summed E-state index contributed by atoms with van der Waals surface area (Å²) in [4.78, 5) is 26.9. The van der Waals surface area contributed by atoms with Gasteiger partial charge in [-0.25, -0.2) is 0 Å². The Morgan fingerprint density at radius 3 is 2.41 bits per heavy atom. The largest absolute Gasteiger partial charge is 0.355 e. The fraction of sp³-hybridized carbons (Fsp3) is 0.364. The number of halogens is 1. The molecule has 0 bridgehead atoms. The lowest BCUT2D eigenvalue weighted by molar-refractivity contribution is -0.140. The third-order valence-corrected chi connectivity index (χ3v) is 4.93. The van der Waals surface area contributed by atoms with Gasteiger partial charge in [-0.2, -0.15) is 0 Å². The highest BCUT2D eigenvalue weighted by atomic mass is 35.5. The van der Waals surface area contributed by atoms with Crippen molar-refractivity contribution in [3.63, 3.8) is 0 Å². The Morgan fingerprint density at radius 1 is 1.11 bits per heavy atom. The Morgan fingerprint density at radius 2 is 1.78 bits per heavy atom. The van der Waals surface area contributed by atoms with Crippen LogP contribution in [0.2, 0.25) is 5.02 Å². The van der Waals surface area contributed by atoms with E-state index < -0.39 is 6.04 Å². The van der Waals surface area contributed by atoms with Crippen LogP contribution in [0.4, 0.5) is 0 Å². The van der Waals surface area contributed by atoms with Gasteiger partial charge in [-0.3, -0.25) is 9.59 Å². The van der Waals surface area contributed by atoms with E-state index in [1.165, 1.54) is 0 Å². The molecule has 4 nitrogen and oxygen atoms in total. The molecule has 0 spiro atoms. The van der Waals surface area contributed by atoms with Crippen LogP contribution in [0.5, 0.6) is 0 Å². The third-order valence-electron chi connectivity index (χ3n) is 4.56. The van der Waals surface area contributed by atoms with Crippen molar-refractivity contribution in [1.29, 1.82) is 0 Å². The Kier molecular flexibility index (Phi) is 7.86. The highest BCUT2D eigenvalue weighted by Crippen LogP contribution is 2.18. The first-order valence-corrected chi connectivity index (χ1v) is 9.66. The number of hydrogen-bond acceptors (Lipinski definition) is 2. The number of benzene rings is 2. The van der Waals surface area contributed by atoms with Gasteiger partial charge in [0.1, 0.15) is 6.04 Å². The number of nitrogens with one attached hydrogen (secondary N) is 1. The summed E-state index contributed by atoms with van der Waals surface area (Å²) in [5.41, 5.74) is 3.10. The molecule has 2 aromatic rings. The van der Waals surface area contributed by atoms with E-state index in [0.29, 0.717) is 31.0 Å². The van der Waals surface area contributed by atoms with E-state index in [2.05, 4.69) is 5.32 Å². The van der Waals surface area contributed by atoms with Crippen molar-refractivity contribution in [2.45, 2.75) is 46.2 Å². The average Bonchev–Trinajstić information content (AvgIpc) is 2.66. The number of amides is 2. The van der Waals surface area contributed by atoms with Gasteiger partial charge >= 0.3 is 0 Å². The maximum atomic E-state index is 13.0. The van der Waals surface area contributed by atoms with E-state index in [-0.39, 0.29) is 11.8 Å². The molecule has 0 aliphatic carbocycles. The van der Waals surface area contributed by atoms with Gasteiger partial charge in [0.2, 0.25) is 11.8 Å². The number of aryl methyl sites for hydroxylation is 2. The van der Waals surface area contributed by atoms with Crippen molar-refractivity contribution in [3.8, 4) is 0 Å². The molecule has 0 fully saturated rings. The van der Waals surface area contributed by atoms with Crippen LogP contribution in [-0.4, -0.2) is 29.3 Å². The van der Waals surface area contributed by atoms with Crippen molar-refractivity contribution >= 4 is 23.4 Å². The Hall–Kier alpha value is -2.33. The van der Waals surface area contributed by atoms with Crippen LogP contribution < -0.4 is 5.32 Å². The minimum atomic E-state index is -0.537. The molecular formula is C22H27ClN2O2. The monoisotopic (exact) mass is 386 g/mol. The second kappa shape index (κ2) is 10.1. The summed E-state index contributed by atoms with van der Waals surface area (Å²) in [7, 11) is 0. The average molecular weight is 387 g/mol.